The molecule has 0 radical (unpaired) electrons. The molecular formula is C87H74N16. The van der Waals surface area contributed by atoms with Gasteiger partial charge in [-0.3, -0.25) is 41.7 Å². The number of amidine groups is 4. The van der Waals surface area contributed by atoms with Crippen LogP contribution in [0.4, 0.5) is 45.5 Å². The summed E-state index contributed by atoms with van der Waals surface area (Å²) in [6.45, 7) is 0. The lowest BCUT2D eigenvalue weighted by molar-refractivity contribution is 0.402. The van der Waals surface area contributed by atoms with Crippen molar-refractivity contribution >= 4 is 68.8 Å². The molecule has 16 heteroatoms. The molecule has 16 nitrogen and oxygen atoms in total. The summed E-state index contributed by atoms with van der Waals surface area (Å²) in [6.07, 6.45) is -0.618. The number of rotatable bonds is 16. The molecule has 0 aromatic heterocycles. The number of hydrogen-bond donors (Lipinski definition) is 4. The lowest BCUT2D eigenvalue weighted by atomic mass is 10.0. The Kier molecular flexibility index (Phi) is 18.7. The van der Waals surface area contributed by atoms with Gasteiger partial charge in [-0.25, -0.2) is 20.0 Å². The van der Waals surface area contributed by atoms with Crippen LogP contribution in [0.3, 0.4) is 0 Å². The van der Waals surface area contributed by atoms with Crippen LogP contribution in [0.5, 0.6) is 0 Å². The van der Waals surface area contributed by atoms with E-state index >= 15 is 0 Å². The molecule has 0 aliphatic carbocycles. The van der Waals surface area contributed by atoms with Gasteiger partial charge < -0.3 is 0 Å². The van der Waals surface area contributed by atoms with E-state index < -0.39 is 0 Å². The van der Waals surface area contributed by atoms with Gasteiger partial charge in [-0.05, 0) is 108 Å². The second-order valence-corrected chi connectivity index (χ2v) is 24.9. The molecule has 13 aromatic carbocycles. The molecule has 4 N–H and O–H groups in total. The quantitative estimate of drug-likeness (QED) is 0.0736. The van der Waals surface area contributed by atoms with Crippen molar-refractivity contribution < 1.29 is 0 Å². The van der Waals surface area contributed by atoms with Gasteiger partial charge in [0.1, 0.15) is 12.3 Å². The zero-order chi connectivity index (χ0) is 68.9. The van der Waals surface area contributed by atoms with Crippen molar-refractivity contribution in [2.24, 2.45) is 20.4 Å². The van der Waals surface area contributed by atoms with Crippen molar-refractivity contribution in [3.8, 4) is 0 Å². The van der Waals surface area contributed by atoms with Crippen LogP contribution >= 0.6 is 0 Å². The van der Waals surface area contributed by atoms with Gasteiger partial charge in [0, 0.05) is 28.7 Å². The number of hydrazone groups is 4. The molecule has 4 heterocycles. The Hall–Kier alpha value is -13.9. The fraction of sp³-hybridized carbons (Fsp3) is 0.0575. The highest BCUT2D eigenvalue weighted by atomic mass is 15.7. The van der Waals surface area contributed by atoms with Crippen LogP contribution < -0.4 is 61.8 Å². The van der Waals surface area contributed by atoms with Crippen LogP contribution in [0.25, 0.3) is 0 Å². The van der Waals surface area contributed by atoms with Gasteiger partial charge >= 0.3 is 0 Å². The molecule has 0 saturated heterocycles. The van der Waals surface area contributed by atoms with Gasteiger partial charge in [0.25, 0.3) is 0 Å². The van der Waals surface area contributed by atoms with Gasteiger partial charge in [0.05, 0.1) is 45.5 Å². The van der Waals surface area contributed by atoms with E-state index in [-0.39, 0.29) is 24.7 Å². The van der Waals surface area contributed by atoms with E-state index in [1.807, 2.05) is 121 Å². The molecule has 502 valence electrons. The number of nitrogens with one attached hydrogen (secondary N) is 4. The third-order valence-electron chi connectivity index (χ3n) is 18.2. The van der Waals surface area contributed by atoms with E-state index in [4.69, 9.17) is 20.4 Å². The van der Waals surface area contributed by atoms with Crippen molar-refractivity contribution in [1.82, 2.24) is 21.7 Å². The topological polar surface area (TPSA) is 123 Å². The maximum atomic E-state index is 5.31. The smallest absolute Gasteiger partial charge is 0.172 e. The molecule has 0 spiro atoms. The Morgan fingerprint density at radius 1 is 0.194 bits per heavy atom. The number of anilines is 8. The van der Waals surface area contributed by atoms with E-state index in [0.717, 1.165) is 102 Å². The van der Waals surface area contributed by atoms with Crippen LogP contribution in [-0.4, -0.2) is 35.7 Å². The summed E-state index contributed by atoms with van der Waals surface area (Å²) >= 11 is 0. The van der Waals surface area contributed by atoms with E-state index in [2.05, 4.69) is 329 Å². The van der Waals surface area contributed by atoms with Gasteiger partial charge in [-0.2, -0.15) is 20.4 Å². The first-order valence-electron chi connectivity index (χ1n) is 34.6. The third kappa shape index (κ3) is 14.0. The average molecular weight is 1340 g/mol. The van der Waals surface area contributed by atoms with Gasteiger partial charge in [-0.1, -0.05) is 291 Å². The average Bonchev–Trinajstić information content (AvgIpc) is 0.765. The van der Waals surface area contributed by atoms with Crippen LogP contribution in [0.1, 0.15) is 52.1 Å². The van der Waals surface area contributed by atoms with E-state index in [9.17, 15) is 0 Å². The Morgan fingerprint density at radius 3 is 0.621 bits per heavy atom. The van der Waals surface area contributed by atoms with Gasteiger partial charge in [0.2, 0.25) is 0 Å². The molecule has 0 saturated carbocycles. The maximum absolute atomic E-state index is 5.31. The number of benzene rings is 13. The Bertz CT molecular complexity index is 4670. The van der Waals surface area contributed by atoms with Crippen molar-refractivity contribution in [3.63, 3.8) is 0 Å². The molecular weight excluding hydrogens is 1270 g/mol. The second kappa shape index (κ2) is 30.1. The Morgan fingerprint density at radius 2 is 0.379 bits per heavy atom. The summed E-state index contributed by atoms with van der Waals surface area (Å²) in [5.74, 6) is 3.04. The minimum atomic E-state index is -0.320. The third-order valence-corrected chi connectivity index (χ3v) is 18.2. The molecule has 0 bridgehead atoms. The highest BCUT2D eigenvalue weighted by molar-refractivity contribution is 6.03. The van der Waals surface area contributed by atoms with Gasteiger partial charge in [0.15, 0.2) is 35.7 Å². The van der Waals surface area contributed by atoms with Crippen LogP contribution in [0.15, 0.2) is 409 Å². The molecule has 0 fully saturated rings. The zero-order valence-corrected chi connectivity index (χ0v) is 56.3. The summed E-state index contributed by atoms with van der Waals surface area (Å²) in [5.41, 5.74) is 28.9. The largest absolute Gasteiger partial charge is 0.278 e. The molecule has 13 aromatic rings. The standard InChI is InChI=1S/C46H38N8.C41H36N8/c1-7-19-35(20-8-1)43-47-51(39-23-11-3-12-24-39)45(52(48-43)40-25-13-4-14-26-40)37-31-33-38(34-32-37)46-53(41-27-15-5-16-28-41)49-44(36-21-9-2-10-22-36)50-54(46)42-29-17-6-18-30-42;1-7-19-32(20-8-1)40-42-46(34-23-11-3-12-24-34)38(47(43-40)35-25-13-4-14-26-35)31-39-48(36-27-15-5-16-28-36)44-41(33-21-9-2-10-22-33)45-49(39)37-29-17-6-18-30-37/h1-34,45-46H,(H,47,48)(H,49,50);1-30,38-39H,31H2,(H,42,43)(H,44,45). The zero-order valence-electron chi connectivity index (χ0n) is 56.3. The summed E-state index contributed by atoms with van der Waals surface area (Å²) in [5, 5.41) is 38.5. The minimum absolute atomic E-state index is 0.282. The number of hydrogen-bond acceptors (Lipinski definition) is 16. The number of para-hydroxylation sites is 8. The van der Waals surface area contributed by atoms with Crippen molar-refractivity contribution in [1.29, 1.82) is 0 Å². The lowest BCUT2D eigenvalue weighted by Gasteiger charge is -2.49. The van der Waals surface area contributed by atoms with E-state index in [0.29, 0.717) is 6.42 Å². The fourth-order valence-corrected chi connectivity index (χ4v) is 13.2. The fourth-order valence-electron chi connectivity index (χ4n) is 13.2. The van der Waals surface area contributed by atoms with Crippen molar-refractivity contribution in [2.45, 2.75) is 31.1 Å². The molecule has 4 unspecified atom stereocenters. The molecule has 0 amide bonds. The lowest BCUT2D eigenvalue weighted by Crippen LogP contribution is -2.66. The number of hydrazine groups is 4. The normalized spacial score (nSPS) is 17.2. The first-order valence-corrected chi connectivity index (χ1v) is 34.6. The highest BCUT2D eigenvalue weighted by Crippen LogP contribution is 2.41. The van der Waals surface area contributed by atoms with E-state index in [1.165, 1.54) is 0 Å². The predicted octanol–water partition coefficient (Wildman–Crippen LogP) is 17.3. The Balaban J connectivity index is 0.000000160. The Labute approximate surface area is 600 Å². The summed E-state index contributed by atoms with van der Waals surface area (Å²) in [4.78, 5) is 0. The predicted molar refractivity (Wildman–Crippen MR) is 420 cm³/mol. The first kappa shape index (κ1) is 63.9. The van der Waals surface area contributed by atoms with E-state index in [1.54, 1.807) is 0 Å². The van der Waals surface area contributed by atoms with Crippen LogP contribution in [-0.2, 0) is 0 Å². The highest BCUT2D eigenvalue weighted by Gasteiger charge is 2.42. The van der Waals surface area contributed by atoms with Crippen molar-refractivity contribution in [2.75, 3.05) is 40.1 Å². The number of nitrogens with zero attached hydrogens (tertiary/aromatic N) is 12. The monoisotopic (exact) mass is 1340 g/mol. The summed E-state index contributed by atoms with van der Waals surface area (Å²) in [6, 6.07) is 133. The molecule has 17 rings (SSSR count). The first-order chi connectivity index (χ1) is 51.1. The molecule has 103 heavy (non-hydrogen) atoms. The molecule has 4 aliphatic heterocycles. The van der Waals surface area contributed by atoms with Gasteiger partial charge in [-0.15, -0.1) is 0 Å². The van der Waals surface area contributed by atoms with Crippen LogP contribution in [0.2, 0.25) is 0 Å². The minimum Gasteiger partial charge on any atom is -0.278 e. The summed E-state index contributed by atoms with van der Waals surface area (Å²) < 4.78 is 0. The SMILES string of the molecule is c1ccc(C2=NN(c3ccccc3)C(CC3N(c4ccccc4)N=C(c4ccccc4)NN3c3ccccc3)N(c3ccccc3)N2)cc1.c1ccc(C2=NN(c3ccccc3)C(c3ccc(C4N(c5ccccc5)N=C(c5ccccc5)NN4c4ccccc4)cc3)N(c3ccccc3)N2)cc1. The molecule has 4 aliphatic rings. The second-order valence-electron chi connectivity index (χ2n) is 24.9. The molecule has 4 atom stereocenters. The van der Waals surface area contributed by atoms with Crippen LogP contribution in [0, 0.1) is 0 Å². The summed E-state index contributed by atoms with van der Waals surface area (Å²) in [7, 11) is 0. The van der Waals surface area contributed by atoms with Crippen molar-refractivity contribution in [3.05, 3.63) is 422 Å². The maximum Gasteiger partial charge on any atom is 0.172 e.